The van der Waals surface area contributed by atoms with Gasteiger partial charge in [-0.2, -0.15) is 5.10 Å². The normalized spacial score (nSPS) is 22.6. The number of para-hydroxylation sites is 2. The molecule has 4 atom stereocenters. The second kappa shape index (κ2) is 11.9. The molecule has 0 saturated heterocycles. The number of rotatable bonds is 6. The number of carbonyl (C=O) groups excluding carboxylic acids is 2. The predicted octanol–water partition coefficient (Wildman–Crippen LogP) is 6.79. The van der Waals surface area contributed by atoms with E-state index >= 15 is 0 Å². The maximum Gasteiger partial charge on any atom is 0.342 e. The van der Waals surface area contributed by atoms with Gasteiger partial charge in [-0.05, 0) is 54.9 Å². The molecular formula is C32H36N4O4. The van der Waals surface area contributed by atoms with Crippen LogP contribution in [0.4, 0.5) is 10.5 Å². The van der Waals surface area contributed by atoms with Gasteiger partial charge in [0.15, 0.2) is 0 Å². The molecule has 1 aliphatic heterocycles. The highest BCUT2D eigenvalue weighted by Crippen LogP contribution is 2.38. The number of urea groups is 1. The minimum Gasteiger partial charge on any atom is -0.508 e. The lowest BCUT2D eigenvalue weighted by molar-refractivity contribution is -0.0173. The zero-order chi connectivity index (χ0) is 28.2. The van der Waals surface area contributed by atoms with Crippen LogP contribution in [-0.4, -0.2) is 38.9 Å². The Morgan fingerprint density at radius 3 is 2.58 bits per heavy atom. The first-order chi connectivity index (χ1) is 19.3. The highest BCUT2D eigenvalue weighted by molar-refractivity contribution is 6.05. The summed E-state index contributed by atoms with van der Waals surface area (Å²) in [6.07, 6.45) is 6.63. The number of aromatic hydroxyl groups is 1. The van der Waals surface area contributed by atoms with E-state index in [2.05, 4.69) is 36.2 Å². The number of amides is 2. The summed E-state index contributed by atoms with van der Waals surface area (Å²) in [5.74, 6) is 0.855. The Kier molecular flexibility index (Phi) is 8.14. The molecule has 2 heterocycles. The summed E-state index contributed by atoms with van der Waals surface area (Å²) in [6, 6.07) is 16.5. The number of nitrogens with one attached hydrogen (secondary N) is 1. The number of hydrogen-bond acceptors (Lipinski definition) is 6. The van der Waals surface area contributed by atoms with Crippen molar-refractivity contribution in [2.45, 2.75) is 58.6 Å². The molecule has 1 fully saturated rings. The second-order valence-corrected chi connectivity index (χ2v) is 11.2. The zero-order valence-electron chi connectivity index (χ0n) is 23.2. The molecule has 2 aliphatic rings. The number of benzene rings is 2. The number of pyridine rings is 1. The zero-order valence-corrected chi connectivity index (χ0v) is 23.2. The lowest BCUT2D eigenvalue weighted by Gasteiger charge is -2.36. The van der Waals surface area contributed by atoms with Crippen LogP contribution in [0.15, 0.2) is 78.2 Å². The van der Waals surface area contributed by atoms with Crippen LogP contribution in [0.25, 0.3) is 0 Å². The Labute approximate surface area is 235 Å². The maximum atomic E-state index is 13.7. The van der Waals surface area contributed by atoms with Gasteiger partial charge in [0, 0.05) is 29.9 Å². The van der Waals surface area contributed by atoms with Gasteiger partial charge < -0.3 is 15.2 Å². The molecule has 2 aromatic carbocycles. The minimum atomic E-state index is -0.536. The minimum absolute atomic E-state index is 0.0818. The number of aromatic nitrogens is 1. The molecule has 0 spiro atoms. The molecule has 8 nitrogen and oxygen atoms in total. The highest BCUT2D eigenvalue weighted by Gasteiger charge is 2.36. The van der Waals surface area contributed by atoms with Crippen LogP contribution in [0.2, 0.25) is 0 Å². The fourth-order valence-corrected chi connectivity index (χ4v) is 5.81. The van der Waals surface area contributed by atoms with Crippen molar-refractivity contribution in [2.24, 2.45) is 22.9 Å². The van der Waals surface area contributed by atoms with E-state index in [9.17, 15) is 14.7 Å². The van der Waals surface area contributed by atoms with Crippen LogP contribution in [0.5, 0.6) is 5.75 Å². The summed E-state index contributed by atoms with van der Waals surface area (Å²) in [5, 5.41) is 19.4. The van der Waals surface area contributed by atoms with Crippen molar-refractivity contribution in [1.82, 2.24) is 9.99 Å². The van der Waals surface area contributed by atoms with Gasteiger partial charge in [-0.15, -0.1) is 0 Å². The van der Waals surface area contributed by atoms with Crippen LogP contribution in [0.3, 0.4) is 0 Å². The molecule has 1 aromatic heterocycles. The van der Waals surface area contributed by atoms with Crippen LogP contribution < -0.4 is 5.32 Å². The van der Waals surface area contributed by atoms with Gasteiger partial charge in [0.25, 0.3) is 0 Å². The van der Waals surface area contributed by atoms with Gasteiger partial charge in [0.2, 0.25) is 0 Å². The van der Waals surface area contributed by atoms with Gasteiger partial charge in [-0.25, -0.2) is 14.6 Å². The van der Waals surface area contributed by atoms with Crippen molar-refractivity contribution in [3.63, 3.8) is 0 Å². The van der Waals surface area contributed by atoms with Gasteiger partial charge in [-0.1, -0.05) is 63.6 Å². The van der Waals surface area contributed by atoms with E-state index in [1.54, 1.807) is 54.9 Å². The molecule has 1 unspecified atom stereocenters. The summed E-state index contributed by atoms with van der Waals surface area (Å²) in [6.45, 7) is 6.54. The first-order valence-electron chi connectivity index (χ1n) is 14.0. The van der Waals surface area contributed by atoms with Crippen molar-refractivity contribution < 1.29 is 19.4 Å². The number of hydrogen-bond donors (Lipinski definition) is 2. The van der Waals surface area contributed by atoms with E-state index in [1.807, 2.05) is 18.2 Å². The highest BCUT2D eigenvalue weighted by atomic mass is 16.5. The van der Waals surface area contributed by atoms with Crippen molar-refractivity contribution >= 4 is 23.4 Å². The third-order valence-corrected chi connectivity index (χ3v) is 8.02. The molecular weight excluding hydrogens is 504 g/mol. The third kappa shape index (κ3) is 5.86. The van der Waals surface area contributed by atoms with Crippen molar-refractivity contribution in [1.29, 1.82) is 0 Å². The number of phenols is 1. The Balaban J connectivity index is 1.40. The van der Waals surface area contributed by atoms with E-state index in [0.717, 1.165) is 24.8 Å². The fourth-order valence-electron chi connectivity index (χ4n) is 5.81. The smallest absolute Gasteiger partial charge is 0.342 e. The largest absolute Gasteiger partial charge is 0.508 e. The first-order valence-corrected chi connectivity index (χ1v) is 14.0. The van der Waals surface area contributed by atoms with Crippen molar-refractivity contribution in [3.05, 3.63) is 89.7 Å². The monoisotopic (exact) mass is 540 g/mol. The lowest BCUT2D eigenvalue weighted by Crippen LogP contribution is -2.36. The van der Waals surface area contributed by atoms with Gasteiger partial charge in [-0.3, -0.25) is 4.98 Å². The number of esters is 1. The second-order valence-electron chi connectivity index (χ2n) is 11.2. The molecule has 0 bridgehead atoms. The van der Waals surface area contributed by atoms with Crippen molar-refractivity contribution in [2.75, 3.05) is 5.32 Å². The van der Waals surface area contributed by atoms with Gasteiger partial charge >= 0.3 is 12.0 Å². The maximum absolute atomic E-state index is 13.7. The first kappa shape index (κ1) is 27.4. The quantitative estimate of drug-likeness (QED) is 0.335. The predicted molar refractivity (Wildman–Crippen MR) is 154 cm³/mol. The fraction of sp³-hybridized carbons (Fsp3) is 0.375. The molecule has 2 N–H and O–H groups in total. The summed E-state index contributed by atoms with van der Waals surface area (Å²) >= 11 is 0. The Hall–Kier alpha value is -4.20. The van der Waals surface area contributed by atoms with Crippen LogP contribution in [0, 0.1) is 17.8 Å². The van der Waals surface area contributed by atoms with E-state index in [-0.39, 0.29) is 11.9 Å². The SMILES string of the molecule is CC(C)[C@H]1CC[C@H](C)C[C@@H]1OC(=O)c1ccccc1NC(=O)N1N=C(c2cccnc2)CC1c1ccccc1O. The number of ether oxygens (including phenoxy) is 1. The molecule has 5 rings (SSSR count). The number of anilines is 1. The van der Waals surface area contributed by atoms with Crippen molar-refractivity contribution in [3.8, 4) is 5.75 Å². The molecule has 2 amide bonds. The summed E-state index contributed by atoms with van der Waals surface area (Å²) in [7, 11) is 0. The molecule has 1 saturated carbocycles. The molecule has 0 radical (unpaired) electrons. The Morgan fingerprint density at radius 1 is 1.05 bits per heavy atom. The molecule has 1 aliphatic carbocycles. The van der Waals surface area contributed by atoms with E-state index in [4.69, 9.17) is 4.74 Å². The van der Waals surface area contributed by atoms with Gasteiger partial charge in [0.05, 0.1) is 23.0 Å². The summed E-state index contributed by atoms with van der Waals surface area (Å²) in [4.78, 5) is 31.3. The van der Waals surface area contributed by atoms with Crippen LogP contribution >= 0.6 is 0 Å². The van der Waals surface area contributed by atoms with E-state index in [1.165, 1.54) is 5.01 Å². The molecule has 40 heavy (non-hydrogen) atoms. The Bertz CT molecular complexity index is 1390. The molecule has 3 aromatic rings. The molecule has 208 valence electrons. The topological polar surface area (TPSA) is 104 Å². The van der Waals surface area contributed by atoms with E-state index < -0.39 is 18.0 Å². The van der Waals surface area contributed by atoms with E-state index in [0.29, 0.717) is 46.7 Å². The third-order valence-electron chi connectivity index (χ3n) is 8.02. The number of hydrazone groups is 1. The van der Waals surface area contributed by atoms with Crippen LogP contribution in [0.1, 0.15) is 74.0 Å². The average molecular weight is 541 g/mol. The summed E-state index contributed by atoms with van der Waals surface area (Å²) in [5.41, 5.74) is 2.70. The Morgan fingerprint density at radius 2 is 1.82 bits per heavy atom. The summed E-state index contributed by atoms with van der Waals surface area (Å²) < 4.78 is 6.08. The van der Waals surface area contributed by atoms with Gasteiger partial charge in [0.1, 0.15) is 11.9 Å². The number of carbonyl (C=O) groups is 2. The van der Waals surface area contributed by atoms with Crippen LogP contribution in [-0.2, 0) is 4.74 Å². The average Bonchev–Trinajstić information content (AvgIpc) is 3.39. The number of nitrogens with zero attached hydrogens (tertiary/aromatic N) is 3. The molecule has 8 heteroatoms. The number of phenolic OH excluding ortho intramolecular Hbond substituents is 1. The standard InChI is InChI=1S/C32H36N4O4/c1-20(2)23-15-14-21(3)17-30(23)40-31(38)24-10-4-6-12-26(24)34-32(39)36-28(25-11-5-7-13-29(25)37)18-27(35-36)22-9-8-16-33-19-22/h4-13,16,19-21,23,28,30,37H,14-15,17-18H2,1-3H3,(H,34,39)/t21-,23+,28?,30-/m0/s1. The lowest BCUT2D eigenvalue weighted by atomic mass is 9.75.